The minimum absolute atomic E-state index is 0.170. The van der Waals surface area contributed by atoms with Gasteiger partial charge >= 0.3 is 0 Å². The van der Waals surface area contributed by atoms with E-state index in [0.717, 1.165) is 0 Å². The number of anilines is 2. The van der Waals surface area contributed by atoms with Gasteiger partial charge in [0.1, 0.15) is 11.5 Å². The first-order valence-electron chi connectivity index (χ1n) is 9.78. The van der Waals surface area contributed by atoms with Crippen LogP contribution in [-0.4, -0.2) is 56.3 Å². The molecule has 1 heterocycles. The van der Waals surface area contributed by atoms with Crippen LogP contribution in [0.1, 0.15) is 24.2 Å². The molecule has 3 rings (SSSR count). The summed E-state index contributed by atoms with van der Waals surface area (Å²) in [5.74, 6) is 0.0786. The van der Waals surface area contributed by atoms with Crippen molar-refractivity contribution in [3.8, 4) is 11.5 Å². The molecule has 0 unspecified atom stereocenters. The third-order valence-electron chi connectivity index (χ3n) is 4.63. The topological polar surface area (TPSA) is 114 Å². The predicted molar refractivity (Wildman–Crippen MR) is 115 cm³/mol. The van der Waals surface area contributed by atoms with E-state index in [1.54, 1.807) is 36.4 Å². The quantitative estimate of drug-likeness (QED) is 0.584. The number of amides is 1. The fraction of sp³-hybridized carbons (Fsp3) is 0.381. The molecule has 3 N–H and O–H groups in total. The van der Waals surface area contributed by atoms with Gasteiger partial charge in [0.15, 0.2) is 9.84 Å². The fourth-order valence-corrected chi connectivity index (χ4v) is 5.01. The van der Waals surface area contributed by atoms with E-state index in [4.69, 9.17) is 9.47 Å². The summed E-state index contributed by atoms with van der Waals surface area (Å²) in [6.45, 7) is 4.36. The third-order valence-corrected chi connectivity index (χ3v) is 6.35. The second-order valence-corrected chi connectivity index (χ2v) is 9.08. The molecule has 1 fully saturated rings. The SMILES string of the molecule is CCOc1cc(N[C@@H]2CS(=O)(=O)C[C@@H]2O)c(OCC)cc1NC(=O)c1ccccc1. The molecule has 9 heteroatoms. The zero-order chi connectivity index (χ0) is 21.7. The van der Waals surface area contributed by atoms with E-state index < -0.39 is 22.0 Å². The highest BCUT2D eigenvalue weighted by Gasteiger charge is 2.37. The van der Waals surface area contributed by atoms with Crippen molar-refractivity contribution in [2.45, 2.75) is 26.0 Å². The van der Waals surface area contributed by atoms with Crippen molar-refractivity contribution >= 4 is 27.1 Å². The van der Waals surface area contributed by atoms with E-state index in [2.05, 4.69) is 10.6 Å². The number of sulfone groups is 1. The molecule has 0 aliphatic carbocycles. The van der Waals surface area contributed by atoms with Crippen LogP contribution in [0.2, 0.25) is 0 Å². The Hall–Kier alpha value is -2.78. The smallest absolute Gasteiger partial charge is 0.255 e. The molecule has 2 aromatic carbocycles. The lowest BCUT2D eigenvalue weighted by Gasteiger charge is -2.21. The number of carbonyl (C=O) groups excluding carboxylic acids is 1. The number of carbonyl (C=O) groups is 1. The maximum atomic E-state index is 12.6. The molecule has 30 heavy (non-hydrogen) atoms. The van der Waals surface area contributed by atoms with E-state index in [-0.39, 0.29) is 17.4 Å². The van der Waals surface area contributed by atoms with Crippen molar-refractivity contribution in [1.29, 1.82) is 0 Å². The molecular formula is C21H26N2O6S. The minimum Gasteiger partial charge on any atom is -0.492 e. The number of benzene rings is 2. The first kappa shape index (κ1) is 21.9. The van der Waals surface area contributed by atoms with Crippen LogP contribution in [0.4, 0.5) is 11.4 Å². The average molecular weight is 435 g/mol. The standard InChI is InChI=1S/C21H26N2O6S/c1-3-28-19-11-16(23-21(25)14-8-6-5-7-9-14)20(29-4-2)10-15(19)22-17-12-30(26,27)13-18(17)24/h5-11,17-18,22,24H,3-4,12-13H2,1-2H3,(H,23,25)/t17-,18+/m1/s1. The van der Waals surface area contributed by atoms with Crippen LogP contribution < -0.4 is 20.1 Å². The van der Waals surface area contributed by atoms with Crippen LogP contribution in [-0.2, 0) is 9.84 Å². The normalized spacial score (nSPS) is 19.8. The van der Waals surface area contributed by atoms with Gasteiger partial charge in [0.25, 0.3) is 5.91 Å². The van der Waals surface area contributed by atoms with Crippen molar-refractivity contribution in [3.05, 3.63) is 48.0 Å². The van der Waals surface area contributed by atoms with Gasteiger partial charge in [0.05, 0.1) is 48.2 Å². The summed E-state index contributed by atoms with van der Waals surface area (Å²) in [6.07, 6.45) is -1.02. The number of rotatable bonds is 8. The van der Waals surface area contributed by atoms with Gasteiger partial charge < -0.3 is 25.2 Å². The van der Waals surface area contributed by atoms with Gasteiger partial charge in [-0.1, -0.05) is 18.2 Å². The maximum Gasteiger partial charge on any atom is 0.255 e. The highest BCUT2D eigenvalue weighted by molar-refractivity contribution is 7.91. The maximum absolute atomic E-state index is 12.6. The first-order chi connectivity index (χ1) is 14.3. The van der Waals surface area contributed by atoms with Gasteiger partial charge in [0.2, 0.25) is 0 Å². The molecule has 0 radical (unpaired) electrons. The lowest BCUT2D eigenvalue weighted by molar-refractivity contribution is 0.102. The van der Waals surface area contributed by atoms with Crippen molar-refractivity contribution in [1.82, 2.24) is 0 Å². The Morgan fingerprint density at radius 1 is 1.03 bits per heavy atom. The highest BCUT2D eigenvalue weighted by Crippen LogP contribution is 2.38. The number of aliphatic hydroxyl groups excluding tert-OH is 1. The Balaban J connectivity index is 1.92. The molecule has 162 valence electrons. The fourth-order valence-electron chi connectivity index (χ4n) is 3.27. The molecular weight excluding hydrogens is 408 g/mol. The summed E-state index contributed by atoms with van der Waals surface area (Å²) in [6, 6.07) is 11.4. The Morgan fingerprint density at radius 2 is 1.63 bits per heavy atom. The van der Waals surface area contributed by atoms with E-state index in [1.807, 2.05) is 19.9 Å². The number of hydrogen-bond donors (Lipinski definition) is 3. The van der Waals surface area contributed by atoms with Gasteiger partial charge in [-0.3, -0.25) is 4.79 Å². The second-order valence-electron chi connectivity index (χ2n) is 6.93. The third kappa shape index (κ3) is 5.22. The summed E-state index contributed by atoms with van der Waals surface area (Å²) in [4.78, 5) is 12.6. The number of aliphatic hydroxyl groups is 1. The average Bonchev–Trinajstić information content (AvgIpc) is 2.97. The molecule has 0 spiro atoms. The summed E-state index contributed by atoms with van der Waals surface area (Å²) in [5.41, 5.74) is 1.41. The largest absolute Gasteiger partial charge is 0.492 e. The van der Waals surface area contributed by atoms with Crippen LogP contribution in [0, 0.1) is 0 Å². The minimum atomic E-state index is -3.31. The monoisotopic (exact) mass is 434 g/mol. The van der Waals surface area contributed by atoms with Crippen LogP contribution in [0.3, 0.4) is 0 Å². The Morgan fingerprint density at radius 3 is 2.20 bits per heavy atom. The van der Waals surface area contributed by atoms with E-state index >= 15 is 0 Å². The van der Waals surface area contributed by atoms with Crippen molar-refractivity contribution < 1.29 is 27.8 Å². The molecule has 1 saturated heterocycles. The number of ether oxygens (including phenoxy) is 2. The molecule has 1 amide bonds. The van der Waals surface area contributed by atoms with Crippen molar-refractivity contribution in [2.75, 3.05) is 35.4 Å². The predicted octanol–water partition coefficient (Wildman–Crippen LogP) is 2.31. The second kappa shape index (κ2) is 9.36. The Bertz CT molecular complexity index is 994. The van der Waals surface area contributed by atoms with Crippen molar-refractivity contribution in [2.24, 2.45) is 0 Å². The molecule has 1 aliphatic rings. The molecule has 1 aliphatic heterocycles. The summed E-state index contributed by atoms with van der Waals surface area (Å²) in [7, 11) is -3.31. The highest BCUT2D eigenvalue weighted by atomic mass is 32.2. The van der Waals surface area contributed by atoms with Crippen LogP contribution in [0.25, 0.3) is 0 Å². The first-order valence-corrected chi connectivity index (χ1v) is 11.6. The molecule has 0 saturated carbocycles. The van der Waals surface area contributed by atoms with E-state index in [0.29, 0.717) is 41.7 Å². The molecule has 0 aromatic heterocycles. The zero-order valence-electron chi connectivity index (χ0n) is 16.9. The summed E-state index contributed by atoms with van der Waals surface area (Å²) < 4.78 is 35.0. The number of hydrogen-bond acceptors (Lipinski definition) is 7. The molecule has 8 nitrogen and oxygen atoms in total. The lowest BCUT2D eigenvalue weighted by atomic mass is 10.1. The molecule has 0 bridgehead atoms. The van der Waals surface area contributed by atoms with Crippen LogP contribution >= 0.6 is 0 Å². The molecule has 2 atom stereocenters. The van der Waals surface area contributed by atoms with Gasteiger partial charge in [0, 0.05) is 17.7 Å². The van der Waals surface area contributed by atoms with E-state index in [1.165, 1.54) is 0 Å². The van der Waals surface area contributed by atoms with Gasteiger partial charge in [-0.25, -0.2) is 8.42 Å². The van der Waals surface area contributed by atoms with Crippen LogP contribution in [0.5, 0.6) is 11.5 Å². The van der Waals surface area contributed by atoms with Crippen molar-refractivity contribution in [3.63, 3.8) is 0 Å². The summed E-state index contributed by atoms with van der Waals surface area (Å²) >= 11 is 0. The zero-order valence-corrected chi connectivity index (χ0v) is 17.7. The Labute approximate surface area is 176 Å². The summed E-state index contributed by atoms with van der Waals surface area (Å²) in [5, 5.41) is 16.0. The van der Waals surface area contributed by atoms with Gasteiger partial charge in [-0.2, -0.15) is 0 Å². The van der Waals surface area contributed by atoms with Gasteiger partial charge in [-0.05, 0) is 26.0 Å². The van der Waals surface area contributed by atoms with Gasteiger partial charge in [-0.15, -0.1) is 0 Å². The molecule has 2 aromatic rings. The van der Waals surface area contributed by atoms with E-state index in [9.17, 15) is 18.3 Å². The lowest BCUT2D eigenvalue weighted by Crippen LogP contribution is -2.32. The van der Waals surface area contributed by atoms with Crippen LogP contribution in [0.15, 0.2) is 42.5 Å². The Kier molecular flexibility index (Phi) is 6.84. The number of nitrogens with one attached hydrogen (secondary N) is 2.